The minimum Gasteiger partial charge on any atom is -0.361 e. The number of hydrogen-bond acceptors (Lipinski definition) is 4. The van der Waals surface area contributed by atoms with Crippen molar-refractivity contribution in [3.8, 4) is 0 Å². The van der Waals surface area contributed by atoms with Gasteiger partial charge >= 0.3 is 0 Å². The van der Waals surface area contributed by atoms with Crippen molar-refractivity contribution in [2.24, 2.45) is 7.05 Å². The Labute approximate surface area is 209 Å². The van der Waals surface area contributed by atoms with E-state index in [4.69, 9.17) is 4.74 Å². The predicted octanol–water partition coefficient (Wildman–Crippen LogP) is 3.61. The first kappa shape index (κ1) is 22.5. The van der Waals surface area contributed by atoms with Crippen LogP contribution in [-0.4, -0.2) is 63.0 Å². The number of pyridine rings is 1. The fourth-order valence-corrected chi connectivity index (χ4v) is 5.63. The van der Waals surface area contributed by atoms with Gasteiger partial charge in [0.1, 0.15) is 0 Å². The molecule has 1 spiro atoms. The number of benzene rings is 2. The molecule has 2 fully saturated rings. The SMILES string of the molecule is Cn1ccc2cc(C(=O)N3CCOC4(C3)C(=O)N(Cc3cccnc3)CC4c3ccccc3)ccc21. The van der Waals surface area contributed by atoms with Gasteiger partial charge in [-0.15, -0.1) is 0 Å². The first-order valence-electron chi connectivity index (χ1n) is 12.3. The molecular formula is C29H28N4O3. The number of ether oxygens (including phenoxy) is 1. The van der Waals surface area contributed by atoms with Gasteiger partial charge in [0.15, 0.2) is 5.60 Å². The van der Waals surface area contributed by atoms with Gasteiger partial charge in [0.2, 0.25) is 0 Å². The zero-order valence-corrected chi connectivity index (χ0v) is 20.2. The summed E-state index contributed by atoms with van der Waals surface area (Å²) in [5.74, 6) is -0.333. The van der Waals surface area contributed by atoms with Gasteiger partial charge in [0, 0.05) is 67.7 Å². The monoisotopic (exact) mass is 480 g/mol. The van der Waals surface area contributed by atoms with Crippen molar-refractivity contribution >= 4 is 22.7 Å². The zero-order valence-electron chi connectivity index (χ0n) is 20.2. The summed E-state index contributed by atoms with van der Waals surface area (Å²) >= 11 is 0. The smallest absolute Gasteiger partial charge is 0.257 e. The van der Waals surface area contributed by atoms with Crippen molar-refractivity contribution in [3.63, 3.8) is 0 Å². The Bertz CT molecular complexity index is 1420. The summed E-state index contributed by atoms with van der Waals surface area (Å²) in [5, 5.41) is 1.02. The number of fused-ring (bicyclic) bond motifs is 1. The van der Waals surface area contributed by atoms with Crippen LogP contribution in [0.2, 0.25) is 0 Å². The Kier molecular flexibility index (Phi) is 5.57. The van der Waals surface area contributed by atoms with Gasteiger partial charge in [-0.2, -0.15) is 0 Å². The largest absolute Gasteiger partial charge is 0.361 e. The molecule has 2 aromatic carbocycles. The molecule has 4 heterocycles. The highest BCUT2D eigenvalue weighted by Gasteiger charge is 2.58. The van der Waals surface area contributed by atoms with Crippen LogP contribution in [0.25, 0.3) is 10.9 Å². The Balaban J connectivity index is 1.33. The number of carbonyl (C=O) groups excluding carboxylic acids is 2. The van der Waals surface area contributed by atoms with Crippen LogP contribution in [0, 0.1) is 0 Å². The van der Waals surface area contributed by atoms with Crippen LogP contribution in [0.3, 0.4) is 0 Å². The lowest BCUT2D eigenvalue weighted by Gasteiger charge is -2.42. The third-order valence-electron chi connectivity index (χ3n) is 7.48. The molecule has 0 radical (unpaired) electrons. The number of nitrogens with zero attached hydrogens (tertiary/aromatic N) is 4. The molecule has 0 saturated carbocycles. The van der Waals surface area contributed by atoms with Crippen molar-refractivity contribution in [1.29, 1.82) is 0 Å². The average Bonchev–Trinajstić information content (AvgIpc) is 3.42. The van der Waals surface area contributed by atoms with E-state index in [1.54, 1.807) is 17.3 Å². The lowest BCUT2D eigenvalue weighted by atomic mass is 9.83. The average molecular weight is 481 g/mol. The summed E-state index contributed by atoms with van der Waals surface area (Å²) in [6.07, 6.45) is 5.50. The third-order valence-corrected chi connectivity index (χ3v) is 7.48. The number of likely N-dealkylation sites (tertiary alicyclic amines) is 1. The Hall–Kier alpha value is -3.97. The molecule has 0 N–H and O–H groups in total. The summed E-state index contributed by atoms with van der Waals surface area (Å²) in [4.78, 5) is 35.5. The molecule has 36 heavy (non-hydrogen) atoms. The van der Waals surface area contributed by atoms with E-state index in [0.717, 1.165) is 22.0 Å². The van der Waals surface area contributed by atoms with E-state index in [0.29, 0.717) is 31.8 Å². The summed E-state index contributed by atoms with van der Waals surface area (Å²) in [7, 11) is 1.99. The number of aromatic nitrogens is 2. The maximum Gasteiger partial charge on any atom is 0.257 e. The van der Waals surface area contributed by atoms with Gasteiger partial charge < -0.3 is 19.1 Å². The first-order chi connectivity index (χ1) is 17.5. The quantitative estimate of drug-likeness (QED) is 0.448. The Morgan fingerprint density at radius 2 is 1.97 bits per heavy atom. The topological polar surface area (TPSA) is 67.7 Å². The predicted molar refractivity (Wildman–Crippen MR) is 136 cm³/mol. The van der Waals surface area contributed by atoms with E-state index < -0.39 is 5.60 Å². The summed E-state index contributed by atoms with van der Waals surface area (Å²) in [6.45, 7) is 1.97. The first-order valence-corrected chi connectivity index (χ1v) is 12.3. The summed E-state index contributed by atoms with van der Waals surface area (Å²) < 4.78 is 8.39. The molecule has 2 aliphatic heterocycles. The Morgan fingerprint density at radius 1 is 1.11 bits per heavy atom. The number of amides is 2. The van der Waals surface area contributed by atoms with Crippen LogP contribution in [0.1, 0.15) is 27.4 Å². The molecule has 4 aromatic rings. The van der Waals surface area contributed by atoms with E-state index in [2.05, 4.69) is 4.98 Å². The molecular weight excluding hydrogens is 452 g/mol. The highest BCUT2D eigenvalue weighted by molar-refractivity contribution is 5.99. The molecule has 2 amide bonds. The summed E-state index contributed by atoms with van der Waals surface area (Å²) in [5.41, 5.74) is 2.59. The normalized spacial score (nSPS) is 22.0. The van der Waals surface area contributed by atoms with Gasteiger partial charge in [-0.1, -0.05) is 36.4 Å². The van der Waals surface area contributed by atoms with Crippen molar-refractivity contribution in [2.75, 3.05) is 26.2 Å². The second-order valence-corrected chi connectivity index (χ2v) is 9.68. The van der Waals surface area contributed by atoms with Gasteiger partial charge in [0.05, 0.1) is 13.2 Å². The number of morpholine rings is 1. The zero-order chi connectivity index (χ0) is 24.7. The van der Waals surface area contributed by atoms with Crippen molar-refractivity contribution < 1.29 is 14.3 Å². The van der Waals surface area contributed by atoms with Crippen LogP contribution in [-0.2, 0) is 23.1 Å². The van der Waals surface area contributed by atoms with Crippen molar-refractivity contribution in [3.05, 3.63) is 102 Å². The molecule has 2 atom stereocenters. The van der Waals surface area contributed by atoms with Crippen molar-refractivity contribution in [1.82, 2.24) is 19.4 Å². The van der Waals surface area contributed by atoms with Gasteiger partial charge in [-0.3, -0.25) is 14.6 Å². The lowest BCUT2D eigenvalue weighted by Crippen LogP contribution is -2.59. The number of carbonyl (C=O) groups is 2. The van der Waals surface area contributed by atoms with Crippen LogP contribution in [0.15, 0.2) is 85.3 Å². The van der Waals surface area contributed by atoms with Crippen molar-refractivity contribution in [2.45, 2.75) is 18.1 Å². The van der Waals surface area contributed by atoms with E-state index >= 15 is 0 Å². The second kappa shape index (κ2) is 8.91. The molecule has 2 saturated heterocycles. The standard InChI is InChI=1S/C29H28N4O3/c1-31-13-11-23-16-24(9-10-26(23)31)27(34)32-14-15-36-29(20-32)25(22-7-3-2-4-8-22)19-33(28(29)35)18-21-6-5-12-30-17-21/h2-13,16-17,25H,14-15,18-20H2,1H3. The Morgan fingerprint density at radius 3 is 2.78 bits per heavy atom. The maximum absolute atomic E-state index is 14.0. The summed E-state index contributed by atoms with van der Waals surface area (Å²) in [6, 6.07) is 21.7. The highest BCUT2D eigenvalue weighted by Crippen LogP contribution is 2.42. The number of hydrogen-bond donors (Lipinski definition) is 0. The van der Waals surface area contributed by atoms with Gasteiger partial charge in [-0.05, 0) is 41.5 Å². The molecule has 2 unspecified atom stereocenters. The molecule has 6 rings (SSSR count). The van der Waals surface area contributed by atoms with E-state index in [1.807, 2.05) is 89.4 Å². The van der Waals surface area contributed by atoms with Gasteiger partial charge in [-0.25, -0.2) is 0 Å². The third kappa shape index (κ3) is 3.76. The lowest BCUT2D eigenvalue weighted by molar-refractivity contribution is -0.160. The molecule has 0 aliphatic carbocycles. The highest BCUT2D eigenvalue weighted by atomic mass is 16.5. The molecule has 7 nitrogen and oxygen atoms in total. The fraction of sp³-hybridized carbons (Fsp3) is 0.276. The number of rotatable bonds is 4. The fourth-order valence-electron chi connectivity index (χ4n) is 5.63. The van der Waals surface area contributed by atoms with Crippen LogP contribution < -0.4 is 0 Å². The van der Waals surface area contributed by atoms with Crippen LogP contribution >= 0.6 is 0 Å². The minimum absolute atomic E-state index is 0.0729. The minimum atomic E-state index is -1.12. The van der Waals surface area contributed by atoms with Crippen LogP contribution in [0.4, 0.5) is 0 Å². The molecule has 2 aliphatic rings. The molecule has 182 valence electrons. The van der Waals surface area contributed by atoms with E-state index in [1.165, 1.54) is 0 Å². The molecule has 7 heteroatoms. The maximum atomic E-state index is 14.0. The second-order valence-electron chi connectivity index (χ2n) is 9.68. The van der Waals surface area contributed by atoms with Gasteiger partial charge in [0.25, 0.3) is 11.8 Å². The number of aryl methyl sites for hydroxylation is 1. The molecule has 2 aromatic heterocycles. The van der Waals surface area contributed by atoms with E-state index in [-0.39, 0.29) is 24.3 Å². The van der Waals surface area contributed by atoms with E-state index in [9.17, 15) is 9.59 Å². The van der Waals surface area contributed by atoms with Crippen LogP contribution in [0.5, 0.6) is 0 Å². The molecule has 0 bridgehead atoms.